The molecule has 31 heavy (non-hydrogen) atoms. The van der Waals surface area contributed by atoms with Crippen LogP contribution in [0.25, 0.3) is 0 Å². The van der Waals surface area contributed by atoms with Crippen molar-refractivity contribution in [1.29, 1.82) is 0 Å². The van der Waals surface area contributed by atoms with E-state index < -0.39 is 0 Å². The summed E-state index contributed by atoms with van der Waals surface area (Å²) in [6, 6.07) is 25.7. The molecular formula is C27H29NO3. The highest BCUT2D eigenvalue weighted by atomic mass is 16.5. The van der Waals surface area contributed by atoms with Gasteiger partial charge < -0.3 is 14.8 Å². The maximum Gasteiger partial charge on any atom is 0.232 e. The lowest BCUT2D eigenvalue weighted by molar-refractivity contribution is -0.122. The molecule has 160 valence electrons. The fourth-order valence-corrected chi connectivity index (χ4v) is 4.03. The number of ether oxygens (including phenoxy) is 2. The number of benzene rings is 3. The fourth-order valence-electron chi connectivity index (χ4n) is 4.03. The Morgan fingerprint density at radius 3 is 1.94 bits per heavy atom. The van der Waals surface area contributed by atoms with Crippen LogP contribution in [-0.2, 0) is 4.79 Å². The summed E-state index contributed by atoms with van der Waals surface area (Å²) in [5.74, 6) is 1.34. The van der Waals surface area contributed by atoms with Crippen molar-refractivity contribution < 1.29 is 14.3 Å². The summed E-state index contributed by atoms with van der Waals surface area (Å²) < 4.78 is 11.6. The lowest BCUT2D eigenvalue weighted by atomic mass is 9.89. The smallest absolute Gasteiger partial charge is 0.232 e. The first-order valence-corrected chi connectivity index (χ1v) is 10.9. The number of nitrogens with one attached hydrogen (secondary N) is 1. The van der Waals surface area contributed by atoms with Crippen LogP contribution in [0.2, 0.25) is 0 Å². The van der Waals surface area contributed by atoms with Crippen LogP contribution < -0.4 is 14.8 Å². The molecule has 4 rings (SSSR count). The van der Waals surface area contributed by atoms with E-state index in [1.165, 1.54) is 0 Å². The highest BCUT2D eigenvalue weighted by Crippen LogP contribution is 2.35. The first-order valence-electron chi connectivity index (χ1n) is 10.9. The Kier molecular flexibility index (Phi) is 6.56. The molecule has 4 heteroatoms. The van der Waals surface area contributed by atoms with Gasteiger partial charge in [-0.3, -0.25) is 4.79 Å². The van der Waals surface area contributed by atoms with Gasteiger partial charge in [-0.2, -0.15) is 0 Å². The average Bonchev–Trinajstić information content (AvgIpc) is 3.04. The Bertz CT molecular complexity index is 962. The molecule has 1 atom stereocenters. The maximum atomic E-state index is 13.6. The van der Waals surface area contributed by atoms with Gasteiger partial charge in [-0.05, 0) is 34.7 Å². The zero-order valence-electron chi connectivity index (χ0n) is 18.1. The third-order valence-electron chi connectivity index (χ3n) is 5.62. The Morgan fingerprint density at radius 2 is 1.35 bits per heavy atom. The highest BCUT2D eigenvalue weighted by Gasteiger charge is 2.27. The Hall–Kier alpha value is -3.27. The molecule has 1 N–H and O–H groups in total. The average molecular weight is 416 g/mol. The maximum absolute atomic E-state index is 13.6. The lowest BCUT2D eigenvalue weighted by Crippen LogP contribution is -2.35. The number of rotatable bonds is 6. The minimum Gasteiger partial charge on any atom is -0.490 e. The second kappa shape index (κ2) is 9.69. The molecule has 1 amide bonds. The fraction of sp³-hybridized carbons (Fsp3) is 0.296. The van der Waals surface area contributed by atoms with E-state index in [4.69, 9.17) is 9.47 Å². The van der Waals surface area contributed by atoms with Crippen molar-refractivity contribution in [2.24, 2.45) is 5.92 Å². The van der Waals surface area contributed by atoms with Gasteiger partial charge in [0.2, 0.25) is 5.91 Å². The summed E-state index contributed by atoms with van der Waals surface area (Å²) in [5.41, 5.74) is 2.98. The Labute approximate surface area is 184 Å². The van der Waals surface area contributed by atoms with E-state index in [2.05, 4.69) is 19.2 Å². The number of carbonyl (C=O) groups is 1. The molecule has 0 bridgehead atoms. The van der Waals surface area contributed by atoms with Gasteiger partial charge in [0.15, 0.2) is 11.5 Å². The molecule has 0 aromatic heterocycles. The summed E-state index contributed by atoms with van der Waals surface area (Å²) in [4.78, 5) is 13.6. The summed E-state index contributed by atoms with van der Waals surface area (Å²) in [7, 11) is 0. The Morgan fingerprint density at radius 1 is 0.774 bits per heavy atom. The summed E-state index contributed by atoms with van der Waals surface area (Å²) in [6.07, 6.45) is 0.865. The standard InChI is InChI=1S/C27H29NO3/c1-19(2)26(22-14-15-23-24(18-22)31-17-9-16-30-23)28-27(29)25(20-10-5-3-6-11-20)21-12-7-4-8-13-21/h3-8,10-15,18-19,25-26H,9,16-17H2,1-2H3,(H,28,29)/t26-/m1/s1. The first-order chi connectivity index (χ1) is 15.1. The van der Waals surface area contributed by atoms with E-state index in [0.717, 1.165) is 34.6 Å². The summed E-state index contributed by atoms with van der Waals surface area (Å²) in [6.45, 7) is 5.54. The molecule has 0 saturated carbocycles. The zero-order chi connectivity index (χ0) is 21.6. The van der Waals surface area contributed by atoms with E-state index in [9.17, 15) is 4.79 Å². The molecule has 0 unspecified atom stereocenters. The van der Waals surface area contributed by atoms with E-state index in [1.807, 2.05) is 78.9 Å². The van der Waals surface area contributed by atoms with Crippen LogP contribution in [-0.4, -0.2) is 19.1 Å². The molecule has 1 heterocycles. The van der Waals surface area contributed by atoms with Crippen molar-refractivity contribution in [1.82, 2.24) is 5.32 Å². The van der Waals surface area contributed by atoms with Gasteiger partial charge in [-0.1, -0.05) is 80.6 Å². The zero-order valence-corrected chi connectivity index (χ0v) is 18.1. The minimum absolute atomic E-state index is 0.0109. The van der Waals surface area contributed by atoms with Crippen molar-refractivity contribution in [2.45, 2.75) is 32.2 Å². The number of fused-ring (bicyclic) bond motifs is 1. The van der Waals surface area contributed by atoms with Gasteiger partial charge in [-0.25, -0.2) is 0 Å². The third-order valence-corrected chi connectivity index (χ3v) is 5.62. The van der Waals surface area contributed by atoms with Crippen LogP contribution in [0, 0.1) is 5.92 Å². The third kappa shape index (κ3) is 4.91. The van der Waals surface area contributed by atoms with Crippen molar-refractivity contribution in [3.8, 4) is 11.5 Å². The SMILES string of the molecule is CC(C)[C@@H](NC(=O)C(c1ccccc1)c1ccccc1)c1ccc2c(c1)OCCCO2. The lowest BCUT2D eigenvalue weighted by Gasteiger charge is -2.27. The van der Waals surface area contributed by atoms with Crippen LogP contribution in [0.4, 0.5) is 0 Å². The predicted octanol–water partition coefficient (Wildman–Crippen LogP) is 5.49. The molecule has 0 aliphatic carbocycles. The second-order valence-electron chi connectivity index (χ2n) is 8.24. The van der Waals surface area contributed by atoms with Gasteiger partial charge in [-0.15, -0.1) is 0 Å². The highest BCUT2D eigenvalue weighted by molar-refractivity contribution is 5.87. The predicted molar refractivity (Wildman–Crippen MR) is 122 cm³/mol. The van der Waals surface area contributed by atoms with Gasteiger partial charge in [0.25, 0.3) is 0 Å². The molecular weight excluding hydrogens is 386 g/mol. The van der Waals surface area contributed by atoms with Crippen LogP contribution in [0.1, 0.15) is 48.9 Å². The molecule has 0 saturated heterocycles. The van der Waals surface area contributed by atoms with Crippen LogP contribution in [0.15, 0.2) is 78.9 Å². The molecule has 1 aliphatic heterocycles. The van der Waals surface area contributed by atoms with Crippen molar-refractivity contribution in [3.05, 3.63) is 95.6 Å². The molecule has 0 spiro atoms. The summed E-state index contributed by atoms with van der Waals surface area (Å²) >= 11 is 0. The normalized spacial score (nSPS) is 14.2. The minimum atomic E-state index is -0.371. The van der Waals surface area contributed by atoms with E-state index in [-0.39, 0.29) is 23.8 Å². The topological polar surface area (TPSA) is 47.6 Å². The van der Waals surface area contributed by atoms with Crippen LogP contribution in [0.3, 0.4) is 0 Å². The van der Waals surface area contributed by atoms with E-state index in [0.29, 0.717) is 13.2 Å². The molecule has 4 nitrogen and oxygen atoms in total. The van der Waals surface area contributed by atoms with Crippen LogP contribution >= 0.6 is 0 Å². The van der Waals surface area contributed by atoms with Gasteiger partial charge >= 0.3 is 0 Å². The number of hydrogen-bond acceptors (Lipinski definition) is 3. The number of carbonyl (C=O) groups excluding carboxylic acids is 1. The first kappa shape index (κ1) is 21.0. The second-order valence-corrected chi connectivity index (χ2v) is 8.24. The quantitative estimate of drug-likeness (QED) is 0.579. The molecule has 0 fully saturated rings. The van der Waals surface area contributed by atoms with Crippen molar-refractivity contribution >= 4 is 5.91 Å². The van der Waals surface area contributed by atoms with Crippen molar-refractivity contribution in [2.75, 3.05) is 13.2 Å². The molecule has 3 aromatic carbocycles. The van der Waals surface area contributed by atoms with Gasteiger partial charge in [0.1, 0.15) is 0 Å². The number of amides is 1. The summed E-state index contributed by atoms with van der Waals surface area (Å²) in [5, 5.41) is 3.32. The molecule has 3 aromatic rings. The monoisotopic (exact) mass is 415 g/mol. The Balaban J connectivity index is 1.64. The van der Waals surface area contributed by atoms with E-state index in [1.54, 1.807) is 0 Å². The van der Waals surface area contributed by atoms with Crippen molar-refractivity contribution in [3.63, 3.8) is 0 Å². The van der Waals surface area contributed by atoms with Gasteiger partial charge in [0, 0.05) is 6.42 Å². The molecule has 0 radical (unpaired) electrons. The molecule has 1 aliphatic rings. The van der Waals surface area contributed by atoms with Gasteiger partial charge in [0.05, 0.1) is 25.2 Å². The van der Waals surface area contributed by atoms with Crippen LogP contribution in [0.5, 0.6) is 11.5 Å². The van der Waals surface area contributed by atoms with E-state index >= 15 is 0 Å². The largest absolute Gasteiger partial charge is 0.490 e. The number of hydrogen-bond donors (Lipinski definition) is 1.